The highest BCUT2D eigenvalue weighted by molar-refractivity contribution is 5.91. The lowest BCUT2D eigenvalue weighted by atomic mass is 9.96. The van der Waals surface area contributed by atoms with E-state index in [1.807, 2.05) is 24.0 Å². The van der Waals surface area contributed by atoms with E-state index in [0.29, 0.717) is 5.92 Å². The minimum atomic E-state index is 0.0500. The van der Waals surface area contributed by atoms with Crippen molar-refractivity contribution in [3.8, 4) is 0 Å². The van der Waals surface area contributed by atoms with Crippen molar-refractivity contribution in [3.05, 3.63) is 41.4 Å². The Kier molecular flexibility index (Phi) is 3.96. The van der Waals surface area contributed by atoms with E-state index >= 15 is 0 Å². The molecule has 0 N–H and O–H groups in total. The van der Waals surface area contributed by atoms with Crippen molar-refractivity contribution in [1.29, 1.82) is 0 Å². The van der Waals surface area contributed by atoms with Gasteiger partial charge < -0.3 is 13.9 Å². The average molecular weight is 326 g/mol. The summed E-state index contributed by atoms with van der Waals surface area (Å²) in [4.78, 5) is 14.2. The normalized spacial score (nSPS) is 18.5. The minimum Gasteiger partial charge on any atom is -0.462 e. The lowest BCUT2D eigenvalue weighted by Crippen LogP contribution is -2.37. The molecule has 6 heteroatoms. The molecule has 0 radical (unpaired) electrons. The third-order valence-corrected chi connectivity index (χ3v) is 4.96. The predicted octanol–water partition coefficient (Wildman–Crippen LogP) is 2.55. The topological polar surface area (TPSA) is 64.2 Å². The molecule has 0 spiro atoms. The maximum absolute atomic E-state index is 12.3. The lowest BCUT2D eigenvalue weighted by Gasteiger charge is -2.30. The van der Waals surface area contributed by atoms with Gasteiger partial charge in [-0.15, -0.1) is 10.2 Å². The Morgan fingerprint density at radius 2 is 2.08 bits per heavy atom. The number of carbonyl (C=O) groups is 1. The molecular weight excluding hydrogens is 304 g/mol. The van der Waals surface area contributed by atoms with Crippen LogP contribution >= 0.6 is 0 Å². The molecule has 1 amide bonds. The third kappa shape index (κ3) is 2.88. The van der Waals surface area contributed by atoms with Gasteiger partial charge in [0.2, 0.25) is 5.91 Å². The Balaban J connectivity index is 1.35. The van der Waals surface area contributed by atoms with Crippen molar-refractivity contribution in [2.24, 2.45) is 0 Å². The predicted molar refractivity (Wildman–Crippen MR) is 89.4 cm³/mol. The van der Waals surface area contributed by atoms with Crippen LogP contribution in [0.15, 0.2) is 22.6 Å². The van der Waals surface area contributed by atoms with Gasteiger partial charge in [-0.3, -0.25) is 4.79 Å². The Morgan fingerprint density at radius 3 is 2.83 bits per heavy atom. The second-order valence-corrected chi connectivity index (χ2v) is 6.61. The average Bonchev–Trinajstić information content (AvgIpc) is 3.29. The van der Waals surface area contributed by atoms with Crippen molar-refractivity contribution < 1.29 is 9.21 Å². The summed E-state index contributed by atoms with van der Waals surface area (Å²) in [6, 6.07) is 3.77. The molecule has 0 aliphatic carbocycles. The number of aromatic nitrogens is 3. The number of rotatable bonds is 3. The summed E-state index contributed by atoms with van der Waals surface area (Å²) in [7, 11) is 0. The fourth-order valence-corrected chi connectivity index (χ4v) is 3.63. The zero-order valence-corrected chi connectivity index (χ0v) is 13.9. The molecule has 2 aromatic heterocycles. The van der Waals surface area contributed by atoms with E-state index in [2.05, 4.69) is 14.8 Å². The molecule has 1 fully saturated rings. The number of fused-ring (bicyclic) bond motifs is 1. The first-order valence-corrected chi connectivity index (χ1v) is 8.66. The van der Waals surface area contributed by atoms with E-state index < -0.39 is 0 Å². The molecule has 2 aromatic rings. The first kappa shape index (κ1) is 15.2. The summed E-state index contributed by atoms with van der Waals surface area (Å²) in [5, 5.41) is 8.69. The largest absolute Gasteiger partial charge is 0.462 e. The van der Waals surface area contributed by atoms with Gasteiger partial charge in [0.25, 0.3) is 0 Å². The fourth-order valence-electron chi connectivity index (χ4n) is 3.63. The maximum Gasteiger partial charge on any atom is 0.246 e. The Labute approximate surface area is 141 Å². The Morgan fingerprint density at radius 1 is 1.25 bits per heavy atom. The Bertz CT molecular complexity index is 766. The number of carbonyl (C=O) groups excluding carboxylic acids is 1. The van der Waals surface area contributed by atoms with Crippen LogP contribution in [0.2, 0.25) is 0 Å². The molecular formula is C18H22N4O2. The number of likely N-dealkylation sites (tertiary alicyclic amines) is 1. The monoisotopic (exact) mass is 326 g/mol. The highest BCUT2D eigenvalue weighted by Gasteiger charge is 2.28. The summed E-state index contributed by atoms with van der Waals surface area (Å²) >= 11 is 0. The highest BCUT2D eigenvalue weighted by Crippen LogP contribution is 2.29. The summed E-state index contributed by atoms with van der Waals surface area (Å²) < 4.78 is 7.73. The molecule has 6 nitrogen and oxygen atoms in total. The van der Waals surface area contributed by atoms with Crippen LogP contribution in [-0.2, 0) is 17.8 Å². The second-order valence-electron chi connectivity index (χ2n) is 6.61. The zero-order chi connectivity index (χ0) is 16.5. The number of furan rings is 1. The van der Waals surface area contributed by atoms with Crippen molar-refractivity contribution in [3.63, 3.8) is 0 Å². The van der Waals surface area contributed by atoms with Crippen LogP contribution < -0.4 is 0 Å². The van der Waals surface area contributed by atoms with Crippen molar-refractivity contribution in [2.75, 3.05) is 13.1 Å². The quantitative estimate of drug-likeness (QED) is 0.813. The minimum absolute atomic E-state index is 0.0500. The summed E-state index contributed by atoms with van der Waals surface area (Å²) in [6.45, 7) is 4.48. The van der Waals surface area contributed by atoms with Crippen LogP contribution in [0.3, 0.4) is 0 Å². The number of nitrogens with zero attached hydrogens (tertiary/aromatic N) is 4. The van der Waals surface area contributed by atoms with Crippen LogP contribution in [0.25, 0.3) is 6.08 Å². The van der Waals surface area contributed by atoms with E-state index in [4.69, 9.17) is 4.42 Å². The van der Waals surface area contributed by atoms with E-state index in [1.165, 1.54) is 6.42 Å². The van der Waals surface area contributed by atoms with Crippen molar-refractivity contribution in [1.82, 2.24) is 19.7 Å². The molecule has 2 aliphatic heterocycles. The zero-order valence-electron chi connectivity index (χ0n) is 13.9. The van der Waals surface area contributed by atoms with Gasteiger partial charge in [0, 0.05) is 38.0 Å². The molecule has 0 bridgehead atoms. The van der Waals surface area contributed by atoms with E-state index in [9.17, 15) is 4.79 Å². The van der Waals surface area contributed by atoms with Crippen LogP contribution in [0.4, 0.5) is 0 Å². The molecule has 0 atom stereocenters. The number of aryl methyl sites for hydroxylation is 2. The summed E-state index contributed by atoms with van der Waals surface area (Å²) in [6.07, 6.45) is 7.48. The molecule has 0 unspecified atom stereocenters. The molecule has 4 heterocycles. The standard InChI is InChI=1S/C18H22N4O2/c1-13-4-5-15(24-13)6-7-17(23)21-11-8-14(9-12-21)18-20-19-16-3-2-10-22(16)18/h4-7,14H,2-3,8-12H2,1H3/b7-6-. The van der Waals surface area contributed by atoms with Crippen LogP contribution in [0, 0.1) is 6.92 Å². The molecule has 24 heavy (non-hydrogen) atoms. The van der Waals surface area contributed by atoms with Gasteiger partial charge in [-0.05, 0) is 44.4 Å². The van der Waals surface area contributed by atoms with Gasteiger partial charge in [-0.2, -0.15) is 0 Å². The number of amides is 1. The van der Waals surface area contributed by atoms with Gasteiger partial charge >= 0.3 is 0 Å². The van der Waals surface area contributed by atoms with E-state index in [1.54, 1.807) is 12.2 Å². The van der Waals surface area contributed by atoms with Crippen molar-refractivity contribution in [2.45, 2.75) is 45.1 Å². The van der Waals surface area contributed by atoms with Gasteiger partial charge in [0.15, 0.2) is 0 Å². The number of hydrogen-bond donors (Lipinski definition) is 0. The molecule has 4 rings (SSSR count). The van der Waals surface area contributed by atoms with Crippen LogP contribution in [0.5, 0.6) is 0 Å². The summed E-state index contributed by atoms with van der Waals surface area (Å²) in [5.74, 6) is 4.29. The number of piperidine rings is 1. The summed E-state index contributed by atoms with van der Waals surface area (Å²) in [5.41, 5.74) is 0. The fraction of sp³-hybridized carbons (Fsp3) is 0.500. The lowest BCUT2D eigenvalue weighted by molar-refractivity contribution is -0.127. The van der Waals surface area contributed by atoms with Gasteiger partial charge in [0.1, 0.15) is 23.2 Å². The highest BCUT2D eigenvalue weighted by atomic mass is 16.3. The second kappa shape index (κ2) is 6.26. The molecule has 126 valence electrons. The first-order chi connectivity index (χ1) is 11.7. The molecule has 0 saturated carbocycles. The number of hydrogen-bond acceptors (Lipinski definition) is 4. The molecule has 0 aromatic carbocycles. The maximum atomic E-state index is 12.3. The van der Waals surface area contributed by atoms with E-state index in [-0.39, 0.29) is 5.91 Å². The van der Waals surface area contributed by atoms with Gasteiger partial charge in [0.05, 0.1) is 0 Å². The molecule has 2 aliphatic rings. The third-order valence-electron chi connectivity index (χ3n) is 4.96. The first-order valence-electron chi connectivity index (χ1n) is 8.66. The Hall–Kier alpha value is -2.37. The van der Waals surface area contributed by atoms with E-state index in [0.717, 1.165) is 62.1 Å². The smallest absolute Gasteiger partial charge is 0.246 e. The van der Waals surface area contributed by atoms with Gasteiger partial charge in [-0.25, -0.2) is 0 Å². The molecule has 1 saturated heterocycles. The SMILES string of the molecule is Cc1ccc(/C=C\C(=O)N2CCC(c3nnc4n3CCC4)CC2)o1. The van der Waals surface area contributed by atoms with Gasteiger partial charge in [-0.1, -0.05) is 0 Å². The van der Waals surface area contributed by atoms with Crippen LogP contribution in [-0.4, -0.2) is 38.7 Å². The van der Waals surface area contributed by atoms with Crippen molar-refractivity contribution >= 4 is 12.0 Å². The van der Waals surface area contributed by atoms with Crippen LogP contribution in [0.1, 0.15) is 48.3 Å².